The van der Waals surface area contributed by atoms with Gasteiger partial charge in [-0.1, -0.05) is 26.7 Å². The second kappa shape index (κ2) is 7.49. The van der Waals surface area contributed by atoms with Crippen molar-refractivity contribution in [3.8, 4) is 0 Å². The molecule has 0 unspecified atom stereocenters. The molecule has 0 bridgehead atoms. The minimum atomic E-state index is 0.615. The number of nitrogens with zero attached hydrogens (tertiary/aromatic N) is 2. The molecule has 0 saturated heterocycles. The SMILES string of the molecule is Cc1cc(C)n(CCCCCCNC(C)C)n1. The van der Waals surface area contributed by atoms with E-state index in [2.05, 4.69) is 48.9 Å². The fourth-order valence-corrected chi connectivity index (χ4v) is 2.03. The van der Waals surface area contributed by atoms with Gasteiger partial charge in [0.2, 0.25) is 0 Å². The van der Waals surface area contributed by atoms with E-state index < -0.39 is 0 Å². The molecule has 1 N–H and O–H groups in total. The van der Waals surface area contributed by atoms with Crippen LogP contribution in [0.4, 0.5) is 0 Å². The standard InChI is InChI=1S/C14H27N3/c1-12(2)15-9-7-5-6-8-10-17-14(4)11-13(3)16-17/h11-12,15H,5-10H2,1-4H3. The molecule has 0 aliphatic carbocycles. The summed E-state index contributed by atoms with van der Waals surface area (Å²) in [7, 11) is 0. The molecule has 1 aromatic heterocycles. The van der Waals surface area contributed by atoms with Gasteiger partial charge in [0.25, 0.3) is 0 Å². The van der Waals surface area contributed by atoms with Crippen LogP contribution in [-0.4, -0.2) is 22.4 Å². The molecular formula is C14H27N3. The minimum Gasteiger partial charge on any atom is -0.315 e. The first-order valence-corrected chi connectivity index (χ1v) is 6.84. The van der Waals surface area contributed by atoms with Gasteiger partial charge in [-0.15, -0.1) is 0 Å². The van der Waals surface area contributed by atoms with Crippen LogP contribution in [0.3, 0.4) is 0 Å². The summed E-state index contributed by atoms with van der Waals surface area (Å²) < 4.78 is 2.13. The molecule has 0 aliphatic heterocycles. The summed E-state index contributed by atoms with van der Waals surface area (Å²) in [6.07, 6.45) is 5.15. The topological polar surface area (TPSA) is 29.9 Å². The predicted octanol–water partition coefficient (Wildman–Crippen LogP) is 3.06. The smallest absolute Gasteiger partial charge is 0.0596 e. The first-order chi connectivity index (χ1) is 8.09. The lowest BCUT2D eigenvalue weighted by Crippen LogP contribution is -2.23. The van der Waals surface area contributed by atoms with E-state index in [4.69, 9.17) is 0 Å². The van der Waals surface area contributed by atoms with Gasteiger partial charge in [-0.05, 0) is 39.3 Å². The summed E-state index contributed by atoms with van der Waals surface area (Å²) in [4.78, 5) is 0. The Morgan fingerprint density at radius 1 is 1.18 bits per heavy atom. The number of nitrogens with one attached hydrogen (secondary N) is 1. The highest BCUT2D eigenvalue weighted by Gasteiger charge is 2.00. The van der Waals surface area contributed by atoms with E-state index in [0.717, 1.165) is 18.8 Å². The van der Waals surface area contributed by atoms with Crippen molar-refractivity contribution in [1.82, 2.24) is 15.1 Å². The van der Waals surface area contributed by atoms with Gasteiger partial charge in [0.1, 0.15) is 0 Å². The first-order valence-electron chi connectivity index (χ1n) is 6.84. The highest BCUT2D eigenvalue weighted by atomic mass is 15.3. The number of hydrogen-bond acceptors (Lipinski definition) is 2. The Balaban J connectivity index is 2.03. The van der Waals surface area contributed by atoms with E-state index in [-0.39, 0.29) is 0 Å². The second-order valence-electron chi connectivity index (χ2n) is 5.17. The maximum atomic E-state index is 4.47. The highest BCUT2D eigenvalue weighted by molar-refractivity contribution is 5.06. The normalized spacial score (nSPS) is 11.4. The third kappa shape index (κ3) is 5.87. The maximum absolute atomic E-state index is 4.47. The van der Waals surface area contributed by atoms with Crippen molar-refractivity contribution >= 4 is 0 Å². The molecule has 0 spiro atoms. The van der Waals surface area contributed by atoms with E-state index in [1.165, 1.54) is 31.4 Å². The Labute approximate surface area is 106 Å². The van der Waals surface area contributed by atoms with Gasteiger partial charge in [-0.25, -0.2) is 0 Å². The maximum Gasteiger partial charge on any atom is 0.0596 e. The van der Waals surface area contributed by atoms with Crippen molar-refractivity contribution in [3.05, 3.63) is 17.5 Å². The third-order valence-electron chi connectivity index (χ3n) is 2.95. The lowest BCUT2D eigenvalue weighted by Gasteiger charge is -2.07. The van der Waals surface area contributed by atoms with E-state index in [1.54, 1.807) is 0 Å². The zero-order valence-corrected chi connectivity index (χ0v) is 11.8. The molecule has 98 valence electrons. The van der Waals surface area contributed by atoms with E-state index in [1.807, 2.05) is 0 Å². The molecule has 1 aromatic rings. The van der Waals surface area contributed by atoms with Crippen LogP contribution in [0.2, 0.25) is 0 Å². The number of unbranched alkanes of at least 4 members (excludes halogenated alkanes) is 3. The van der Waals surface area contributed by atoms with Crippen LogP contribution in [0.5, 0.6) is 0 Å². The van der Waals surface area contributed by atoms with E-state index in [0.29, 0.717) is 6.04 Å². The van der Waals surface area contributed by atoms with Crippen molar-refractivity contribution in [2.45, 2.75) is 66.0 Å². The Hall–Kier alpha value is -0.830. The fourth-order valence-electron chi connectivity index (χ4n) is 2.03. The van der Waals surface area contributed by atoms with Gasteiger partial charge in [-0.2, -0.15) is 5.10 Å². The average Bonchev–Trinajstić information content (AvgIpc) is 2.55. The van der Waals surface area contributed by atoms with Gasteiger partial charge < -0.3 is 5.32 Å². The van der Waals surface area contributed by atoms with Crippen LogP contribution in [0.1, 0.15) is 50.9 Å². The first kappa shape index (κ1) is 14.2. The molecule has 3 nitrogen and oxygen atoms in total. The Kier molecular flexibility index (Phi) is 6.27. The van der Waals surface area contributed by atoms with E-state index in [9.17, 15) is 0 Å². The van der Waals surface area contributed by atoms with Gasteiger partial charge in [-0.3, -0.25) is 4.68 Å². The number of rotatable bonds is 8. The molecule has 0 atom stereocenters. The molecule has 0 aliphatic rings. The molecular weight excluding hydrogens is 210 g/mol. The molecule has 0 fully saturated rings. The van der Waals surface area contributed by atoms with Crippen molar-refractivity contribution in [2.75, 3.05) is 6.54 Å². The summed E-state index contributed by atoms with van der Waals surface area (Å²) in [5, 5.41) is 7.92. The van der Waals surface area contributed by atoms with Crippen LogP contribution in [0, 0.1) is 13.8 Å². The Morgan fingerprint density at radius 2 is 1.88 bits per heavy atom. The third-order valence-corrected chi connectivity index (χ3v) is 2.95. The van der Waals surface area contributed by atoms with Crippen LogP contribution < -0.4 is 5.32 Å². The van der Waals surface area contributed by atoms with Crippen molar-refractivity contribution in [2.24, 2.45) is 0 Å². The highest BCUT2D eigenvalue weighted by Crippen LogP contribution is 2.06. The number of aromatic nitrogens is 2. The minimum absolute atomic E-state index is 0.615. The van der Waals surface area contributed by atoms with Gasteiger partial charge >= 0.3 is 0 Å². The fraction of sp³-hybridized carbons (Fsp3) is 0.786. The van der Waals surface area contributed by atoms with Crippen molar-refractivity contribution < 1.29 is 0 Å². The predicted molar refractivity (Wildman–Crippen MR) is 73.3 cm³/mol. The molecule has 0 radical (unpaired) electrons. The summed E-state index contributed by atoms with van der Waals surface area (Å²) in [6.45, 7) is 10.8. The summed E-state index contributed by atoms with van der Waals surface area (Å²) in [5.74, 6) is 0. The Bertz CT molecular complexity index is 315. The van der Waals surface area contributed by atoms with Crippen molar-refractivity contribution in [3.63, 3.8) is 0 Å². The summed E-state index contributed by atoms with van der Waals surface area (Å²) in [5.41, 5.74) is 2.41. The van der Waals surface area contributed by atoms with E-state index >= 15 is 0 Å². The van der Waals surface area contributed by atoms with Gasteiger partial charge in [0, 0.05) is 18.3 Å². The van der Waals surface area contributed by atoms with Crippen LogP contribution in [0.15, 0.2) is 6.07 Å². The molecule has 3 heteroatoms. The van der Waals surface area contributed by atoms with Crippen LogP contribution >= 0.6 is 0 Å². The van der Waals surface area contributed by atoms with Gasteiger partial charge in [0.05, 0.1) is 5.69 Å². The summed E-state index contributed by atoms with van der Waals surface area (Å²) in [6, 6.07) is 2.76. The Morgan fingerprint density at radius 3 is 2.47 bits per heavy atom. The zero-order valence-electron chi connectivity index (χ0n) is 11.8. The van der Waals surface area contributed by atoms with Crippen LogP contribution in [-0.2, 0) is 6.54 Å². The summed E-state index contributed by atoms with van der Waals surface area (Å²) >= 11 is 0. The largest absolute Gasteiger partial charge is 0.315 e. The number of hydrogen-bond donors (Lipinski definition) is 1. The average molecular weight is 237 g/mol. The van der Waals surface area contributed by atoms with Crippen molar-refractivity contribution in [1.29, 1.82) is 0 Å². The zero-order chi connectivity index (χ0) is 12.7. The monoisotopic (exact) mass is 237 g/mol. The quantitative estimate of drug-likeness (QED) is 0.704. The molecule has 1 rings (SSSR count). The lowest BCUT2D eigenvalue weighted by molar-refractivity contribution is 0.504. The lowest BCUT2D eigenvalue weighted by atomic mass is 10.2. The second-order valence-corrected chi connectivity index (χ2v) is 5.17. The molecule has 0 amide bonds. The van der Waals surface area contributed by atoms with Crippen LogP contribution in [0.25, 0.3) is 0 Å². The number of aryl methyl sites for hydroxylation is 3. The molecule has 1 heterocycles. The molecule has 17 heavy (non-hydrogen) atoms. The van der Waals surface area contributed by atoms with Gasteiger partial charge in [0.15, 0.2) is 0 Å². The molecule has 0 aromatic carbocycles. The molecule has 0 saturated carbocycles.